The molecule has 0 unspecified atom stereocenters. The van der Waals surface area contributed by atoms with Crippen LogP contribution >= 0.6 is 0 Å². The van der Waals surface area contributed by atoms with Crippen molar-refractivity contribution < 1.29 is 27.7 Å². The number of nitrogens with zero attached hydrogens (tertiary/aromatic N) is 2. The van der Waals surface area contributed by atoms with Crippen LogP contribution in [-0.4, -0.2) is 35.2 Å². The van der Waals surface area contributed by atoms with Crippen LogP contribution < -0.4 is 5.32 Å². The average molecular weight is 393 g/mol. The number of hydrogen-bond acceptors (Lipinski definition) is 4. The molecule has 10 heteroatoms. The van der Waals surface area contributed by atoms with Gasteiger partial charge in [-0.25, -0.2) is 13.2 Å². The predicted molar refractivity (Wildman–Crippen MR) is 91.9 cm³/mol. The Bertz CT molecular complexity index is 959. The molecule has 1 fully saturated rings. The van der Waals surface area contributed by atoms with Gasteiger partial charge in [-0.1, -0.05) is 12.1 Å². The molecule has 0 saturated carbocycles. The second kappa shape index (κ2) is 7.29. The summed E-state index contributed by atoms with van der Waals surface area (Å²) < 4.78 is 40.5. The van der Waals surface area contributed by atoms with Gasteiger partial charge in [-0.05, 0) is 23.8 Å². The van der Waals surface area contributed by atoms with Crippen molar-refractivity contribution in [3.63, 3.8) is 0 Å². The van der Waals surface area contributed by atoms with Crippen molar-refractivity contribution in [3.05, 3.63) is 69.5 Å². The van der Waals surface area contributed by atoms with Crippen molar-refractivity contribution >= 4 is 23.2 Å². The van der Waals surface area contributed by atoms with Crippen LogP contribution in [0.5, 0.6) is 0 Å². The Morgan fingerprint density at radius 2 is 1.82 bits per heavy atom. The van der Waals surface area contributed by atoms with Crippen molar-refractivity contribution in [3.8, 4) is 0 Å². The third-order valence-corrected chi connectivity index (χ3v) is 4.59. The Kier molecular flexibility index (Phi) is 5.04. The number of hydrogen-bond donors (Lipinski definition) is 1. The second-order valence-corrected chi connectivity index (χ2v) is 6.36. The van der Waals surface area contributed by atoms with Gasteiger partial charge < -0.3 is 10.2 Å². The Morgan fingerprint density at radius 1 is 1.21 bits per heavy atom. The van der Waals surface area contributed by atoms with Crippen molar-refractivity contribution in [2.75, 3.05) is 18.9 Å². The lowest BCUT2D eigenvalue weighted by molar-refractivity contribution is -0.383. The fourth-order valence-electron chi connectivity index (χ4n) is 3.23. The highest BCUT2D eigenvalue weighted by atomic mass is 19.2. The summed E-state index contributed by atoms with van der Waals surface area (Å²) in [7, 11) is 1.41. The molecule has 2 amide bonds. The zero-order valence-corrected chi connectivity index (χ0v) is 14.5. The van der Waals surface area contributed by atoms with Crippen molar-refractivity contribution in [1.29, 1.82) is 0 Å². The van der Waals surface area contributed by atoms with Crippen LogP contribution in [0.4, 0.5) is 24.5 Å². The van der Waals surface area contributed by atoms with Gasteiger partial charge in [-0.3, -0.25) is 19.7 Å². The van der Waals surface area contributed by atoms with E-state index in [1.807, 2.05) is 0 Å². The van der Waals surface area contributed by atoms with E-state index in [2.05, 4.69) is 5.32 Å². The molecule has 0 bridgehead atoms. The molecule has 1 aliphatic heterocycles. The van der Waals surface area contributed by atoms with Gasteiger partial charge >= 0.3 is 0 Å². The molecule has 2 atom stereocenters. The highest BCUT2D eigenvalue weighted by Gasteiger charge is 2.45. The zero-order valence-electron chi connectivity index (χ0n) is 14.5. The maximum absolute atomic E-state index is 13.6. The molecule has 1 N–H and O–H groups in total. The minimum absolute atomic E-state index is 0.0294. The molecule has 0 spiro atoms. The van der Waals surface area contributed by atoms with E-state index in [4.69, 9.17) is 0 Å². The summed E-state index contributed by atoms with van der Waals surface area (Å²) in [5, 5.41) is 13.4. The summed E-state index contributed by atoms with van der Waals surface area (Å²) >= 11 is 0. The Balaban J connectivity index is 1.95. The fraction of sp³-hybridized carbons (Fsp3) is 0.222. The van der Waals surface area contributed by atoms with E-state index in [9.17, 15) is 32.9 Å². The molecule has 28 heavy (non-hydrogen) atoms. The van der Waals surface area contributed by atoms with Crippen molar-refractivity contribution in [1.82, 2.24) is 4.90 Å². The van der Waals surface area contributed by atoms with Gasteiger partial charge in [0, 0.05) is 25.6 Å². The Morgan fingerprint density at radius 3 is 2.43 bits per heavy atom. The van der Waals surface area contributed by atoms with Gasteiger partial charge in [0.05, 0.1) is 4.92 Å². The number of nitrogens with one attached hydrogen (secondary N) is 1. The maximum Gasteiger partial charge on any atom is 0.292 e. The number of carbonyl (C=O) groups excluding carboxylic acids is 2. The minimum atomic E-state index is -1.65. The third kappa shape index (κ3) is 3.40. The average Bonchev–Trinajstić information content (AvgIpc) is 2.94. The summed E-state index contributed by atoms with van der Waals surface area (Å²) in [5.41, 5.74) is -0.544. The third-order valence-electron chi connectivity index (χ3n) is 4.59. The lowest BCUT2D eigenvalue weighted by atomic mass is 9.87. The quantitative estimate of drug-likeness (QED) is 0.374. The number of anilines is 1. The van der Waals surface area contributed by atoms with E-state index in [0.29, 0.717) is 0 Å². The maximum atomic E-state index is 13.6. The number of carbonyl (C=O) groups is 2. The molecule has 1 saturated heterocycles. The lowest BCUT2D eigenvalue weighted by Crippen LogP contribution is -2.33. The number of rotatable bonds is 4. The van der Waals surface area contributed by atoms with Crippen molar-refractivity contribution in [2.24, 2.45) is 5.92 Å². The van der Waals surface area contributed by atoms with Crippen LogP contribution in [0.25, 0.3) is 0 Å². The van der Waals surface area contributed by atoms with Crippen LogP contribution in [0.2, 0.25) is 0 Å². The normalized spacial score (nSPS) is 19.0. The highest BCUT2D eigenvalue weighted by molar-refractivity contribution is 6.09. The van der Waals surface area contributed by atoms with Gasteiger partial charge in [0.15, 0.2) is 17.5 Å². The Hall–Kier alpha value is -3.43. The van der Waals surface area contributed by atoms with E-state index < -0.39 is 46.0 Å². The van der Waals surface area contributed by atoms with Gasteiger partial charge in [0.25, 0.3) is 5.69 Å². The number of nitro groups is 1. The Labute approximate surface area is 156 Å². The monoisotopic (exact) mass is 393 g/mol. The molecule has 1 aliphatic rings. The molecule has 146 valence electrons. The summed E-state index contributed by atoms with van der Waals surface area (Å²) in [4.78, 5) is 36.8. The first-order valence-electron chi connectivity index (χ1n) is 8.14. The predicted octanol–water partition coefficient (Wildman–Crippen LogP) is 2.82. The van der Waals surface area contributed by atoms with Crippen LogP contribution in [0.3, 0.4) is 0 Å². The first-order valence-corrected chi connectivity index (χ1v) is 8.14. The number of amides is 2. The van der Waals surface area contributed by atoms with Crippen LogP contribution in [0.15, 0.2) is 36.4 Å². The second-order valence-electron chi connectivity index (χ2n) is 6.36. The van der Waals surface area contributed by atoms with Crippen molar-refractivity contribution in [2.45, 2.75) is 5.92 Å². The van der Waals surface area contributed by atoms with Crippen LogP contribution in [0, 0.1) is 33.5 Å². The number of likely N-dealkylation sites (N-methyl/N-ethyl adjacent to an activating group) is 1. The van der Waals surface area contributed by atoms with Gasteiger partial charge in [0.2, 0.25) is 11.8 Å². The summed E-state index contributed by atoms with van der Waals surface area (Å²) in [6.07, 6.45) is 0. The fourth-order valence-corrected chi connectivity index (χ4v) is 3.23. The number of benzene rings is 2. The van der Waals surface area contributed by atoms with Gasteiger partial charge in [0.1, 0.15) is 11.6 Å². The smallest absolute Gasteiger partial charge is 0.292 e. The first-order chi connectivity index (χ1) is 13.2. The SMILES string of the molecule is CN1C[C@H](c2cc(F)c(F)c(F)c2)[C@@H](C(=O)Nc2ccccc2[N+](=O)[O-])C1=O. The summed E-state index contributed by atoms with van der Waals surface area (Å²) in [6, 6.07) is 6.83. The molecule has 2 aromatic rings. The van der Waals surface area contributed by atoms with Crippen LogP contribution in [-0.2, 0) is 9.59 Å². The number of para-hydroxylation sites is 2. The summed E-state index contributed by atoms with van der Waals surface area (Å²) in [6.45, 7) is -0.0294. The van der Waals surface area contributed by atoms with Gasteiger partial charge in [-0.2, -0.15) is 0 Å². The van der Waals surface area contributed by atoms with E-state index in [0.717, 1.165) is 12.1 Å². The zero-order chi connectivity index (χ0) is 20.6. The number of likely N-dealkylation sites (tertiary alicyclic amines) is 1. The number of nitro benzene ring substituents is 1. The molecular weight excluding hydrogens is 379 g/mol. The minimum Gasteiger partial charge on any atom is -0.344 e. The number of halogens is 3. The molecule has 2 aromatic carbocycles. The largest absolute Gasteiger partial charge is 0.344 e. The molecular formula is C18H14F3N3O4. The summed E-state index contributed by atoms with van der Waals surface area (Å²) in [5.74, 6) is -8.34. The molecule has 0 aliphatic carbocycles. The van der Waals surface area contributed by atoms with E-state index in [1.165, 1.54) is 36.2 Å². The topological polar surface area (TPSA) is 92.6 Å². The molecule has 7 nitrogen and oxygen atoms in total. The highest BCUT2D eigenvalue weighted by Crippen LogP contribution is 2.36. The molecule has 1 heterocycles. The van der Waals surface area contributed by atoms with Gasteiger partial charge in [-0.15, -0.1) is 0 Å². The van der Waals surface area contributed by atoms with E-state index in [1.54, 1.807) is 0 Å². The first kappa shape index (κ1) is 19.3. The lowest BCUT2D eigenvalue weighted by Gasteiger charge is -2.17. The van der Waals surface area contributed by atoms with E-state index >= 15 is 0 Å². The molecule has 0 radical (unpaired) electrons. The molecule has 3 rings (SSSR count). The molecule has 0 aromatic heterocycles. The van der Waals surface area contributed by atoms with E-state index in [-0.39, 0.29) is 23.5 Å². The standard InChI is InChI=1S/C18H14F3N3O4/c1-23-8-10(9-6-11(19)16(21)12(20)7-9)15(18(23)26)17(25)22-13-4-2-3-5-14(13)24(27)28/h2-7,10,15H,8H2,1H3,(H,22,25)/t10-,15+/m1/s1. The van der Waals surface area contributed by atoms with Crippen LogP contribution in [0.1, 0.15) is 11.5 Å².